The average Bonchev–Trinajstić information content (AvgIpc) is 3.41. The third-order valence-electron chi connectivity index (χ3n) is 8.71. The highest BCUT2D eigenvalue weighted by molar-refractivity contribution is 6.00. The van der Waals surface area contributed by atoms with Gasteiger partial charge in [0, 0.05) is 37.9 Å². The second-order valence-electron chi connectivity index (χ2n) is 11.1. The van der Waals surface area contributed by atoms with E-state index in [1.807, 2.05) is 41.4 Å². The molecule has 2 atom stereocenters. The average molecular weight is 581 g/mol. The minimum atomic E-state index is -0.827. The number of carbonyl (C=O) groups is 2. The van der Waals surface area contributed by atoms with Crippen LogP contribution in [0.5, 0.6) is 0 Å². The number of unbranched alkanes of at least 4 members (excludes halogenated alkanes) is 1. The Kier molecular flexibility index (Phi) is 11.2. The third kappa shape index (κ3) is 6.62. The Morgan fingerprint density at radius 3 is 2.44 bits per heavy atom. The minimum Gasteiger partial charge on any atom is -0.390 e. The SMILES string of the molecule is CCCCN1C(=O)[C@@H]([C@H](O)C2CCCCC2)NC(=O)C12CCN(Cc1c[nH]c(-c3ccccc3)n1)CC2.Cl.Cl. The smallest absolute Gasteiger partial charge is 0.248 e. The van der Waals surface area contributed by atoms with E-state index in [0.717, 1.165) is 55.6 Å². The van der Waals surface area contributed by atoms with Gasteiger partial charge in [-0.25, -0.2) is 4.98 Å². The van der Waals surface area contributed by atoms with Gasteiger partial charge in [-0.1, -0.05) is 62.9 Å². The number of aliphatic hydroxyl groups is 1. The quantitative estimate of drug-likeness (QED) is 0.432. The number of hydrogen-bond acceptors (Lipinski definition) is 5. The van der Waals surface area contributed by atoms with E-state index in [2.05, 4.69) is 22.1 Å². The van der Waals surface area contributed by atoms with Gasteiger partial charge in [-0.3, -0.25) is 14.5 Å². The zero-order chi connectivity index (χ0) is 25.8. The van der Waals surface area contributed by atoms with Gasteiger partial charge in [0.05, 0.1) is 11.8 Å². The van der Waals surface area contributed by atoms with Gasteiger partial charge >= 0.3 is 0 Å². The minimum absolute atomic E-state index is 0. The Morgan fingerprint density at radius 1 is 1.08 bits per heavy atom. The predicted octanol–water partition coefficient (Wildman–Crippen LogP) is 4.32. The number of nitrogens with one attached hydrogen (secondary N) is 2. The summed E-state index contributed by atoms with van der Waals surface area (Å²) in [6, 6.07) is 9.25. The van der Waals surface area contributed by atoms with Crippen LogP contribution in [0, 0.1) is 5.92 Å². The molecule has 8 nitrogen and oxygen atoms in total. The molecule has 0 unspecified atom stereocenters. The number of aromatic nitrogens is 2. The number of hydrogen-bond donors (Lipinski definition) is 3. The highest BCUT2D eigenvalue weighted by atomic mass is 35.5. The van der Waals surface area contributed by atoms with Crippen molar-refractivity contribution in [3.05, 3.63) is 42.2 Å². The Balaban J connectivity index is 0.00000210. The molecule has 0 bridgehead atoms. The summed E-state index contributed by atoms with van der Waals surface area (Å²) < 4.78 is 0. The zero-order valence-electron chi connectivity index (χ0n) is 22.8. The number of benzene rings is 1. The maximum absolute atomic E-state index is 13.8. The van der Waals surface area contributed by atoms with Crippen LogP contribution in [0.3, 0.4) is 0 Å². The number of carbonyl (C=O) groups excluding carboxylic acids is 2. The fourth-order valence-corrected chi connectivity index (χ4v) is 6.45. The van der Waals surface area contributed by atoms with Gasteiger partial charge in [0.1, 0.15) is 17.4 Å². The number of piperidine rings is 1. The van der Waals surface area contributed by atoms with E-state index < -0.39 is 17.7 Å². The first-order chi connectivity index (χ1) is 18.0. The highest BCUT2D eigenvalue weighted by Crippen LogP contribution is 2.36. The largest absolute Gasteiger partial charge is 0.390 e. The van der Waals surface area contributed by atoms with Crippen molar-refractivity contribution in [2.45, 2.75) is 88.9 Å². The van der Waals surface area contributed by atoms with Crippen LogP contribution in [-0.2, 0) is 16.1 Å². The number of halogens is 2. The number of nitrogens with zero attached hydrogens (tertiary/aromatic N) is 3. The summed E-state index contributed by atoms with van der Waals surface area (Å²) in [5.41, 5.74) is 1.20. The lowest BCUT2D eigenvalue weighted by atomic mass is 9.78. The van der Waals surface area contributed by atoms with Crippen molar-refractivity contribution in [3.8, 4) is 11.4 Å². The molecule has 3 aliphatic rings. The molecular formula is C29H43Cl2N5O3. The highest BCUT2D eigenvalue weighted by Gasteiger charge is 2.55. The van der Waals surface area contributed by atoms with Crippen molar-refractivity contribution in [3.63, 3.8) is 0 Å². The van der Waals surface area contributed by atoms with Crippen LogP contribution < -0.4 is 5.32 Å². The summed E-state index contributed by atoms with van der Waals surface area (Å²) in [5.74, 6) is 0.754. The van der Waals surface area contributed by atoms with Crippen LogP contribution in [-0.4, -0.2) is 74.0 Å². The number of imidazole rings is 1. The summed E-state index contributed by atoms with van der Waals surface area (Å²) in [6.07, 6.45) is 9.33. The van der Waals surface area contributed by atoms with Crippen molar-refractivity contribution < 1.29 is 14.7 Å². The molecule has 1 aliphatic carbocycles. The number of piperazine rings is 1. The predicted molar refractivity (Wildman–Crippen MR) is 157 cm³/mol. The van der Waals surface area contributed by atoms with E-state index in [-0.39, 0.29) is 42.5 Å². The van der Waals surface area contributed by atoms with Gasteiger partial charge in [-0.2, -0.15) is 0 Å². The van der Waals surface area contributed by atoms with Crippen molar-refractivity contribution in [2.75, 3.05) is 19.6 Å². The lowest BCUT2D eigenvalue weighted by Gasteiger charge is -2.52. The molecule has 1 saturated carbocycles. The normalized spacial score (nSPS) is 22.6. The number of aromatic amines is 1. The maximum atomic E-state index is 13.8. The molecular weight excluding hydrogens is 537 g/mol. The van der Waals surface area contributed by atoms with E-state index in [0.29, 0.717) is 39.0 Å². The molecule has 5 rings (SSSR count). The van der Waals surface area contributed by atoms with Gasteiger partial charge in [0.25, 0.3) is 0 Å². The molecule has 0 radical (unpaired) electrons. The van der Waals surface area contributed by atoms with E-state index in [9.17, 15) is 14.7 Å². The molecule has 3 fully saturated rings. The molecule has 39 heavy (non-hydrogen) atoms. The summed E-state index contributed by atoms with van der Waals surface area (Å²) >= 11 is 0. The molecule has 10 heteroatoms. The number of rotatable bonds is 8. The van der Waals surface area contributed by atoms with Crippen molar-refractivity contribution >= 4 is 36.6 Å². The first kappa shape index (κ1) is 31.4. The maximum Gasteiger partial charge on any atom is 0.248 e. The molecule has 3 heterocycles. The van der Waals surface area contributed by atoms with Crippen LogP contribution in [0.15, 0.2) is 36.5 Å². The fraction of sp³-hybridized carbons (Fsp3) is 0.621. The number of amides is 2. The van der Waals surface area contributed by atoms with Gasteiger partial charge in [-0.15, -0.1) is 24.8 Å². The molecule has 1 spiro atoms. The fourth-order valence-electron chi connectivity index (χ4n) is 6.45. The Hall–Kier alpha value is -2.13. The van der Waals surface area contributed by atoms with Crippen LogP contribution >= 0.6 is 24.8 Å². The second kappa shape index (κ2) is 14.0. The number of likely N-dealkylation sites (tertiary alicyclic amines) is 1. The third-order valence-corrected chi connectivity index (χ3v) is 8.71. The van der Waals surface area contributed by atoms with Crippen LogP contribution in [0.1, 0.15) is 70.4 Å². The van der Waals surface area contributed by atoms with Crippen LogP contribution in [0.4, 0.5) is 0 Å². The molecule has 2 saturated heterocycles. The lowest BCUT2D eigenvalue weighted by Crippen LogP contribution is -2.75. The van der Waals surface area contributed by atoms with E-state index in [1.165, 1.54) is 6.42 Å². The van der Waals surface area contributed by atoms with Crippen LogP contribution in [0.25, 0.3) is 11.4 Å². The molecule has 2 amide bonds. The van der Waals surface area contributed by atoms with Crippen molar-refractivity contribution in [1.29, 1.82) is 0 Å². The van der Waals surface area contributed by atoms with Gasteiger partial charge in [0.2, 0.25) is 11.8 Å². The summed E-state index contributed by atoms with van der Waals surface area (Å²) in [6.45, 7) is 4.80. The molecule has 3 N–H and O–H groups in total. The summed E-state index contributed by atoms with van der Waals surface area (Å²) in [4.78, 5) is 39.6. The second-order valence-corrected chi connectivity index (χ2v) is 11.1. The van der Waals surface area contributed by atoms with Gasteiger partial charge in [0.15, 0.2) is 0 Å². The molecule has 1 aromatic heterocycles. The summed E-state index contributed by atoms with van der Waals surface area (Å²) in [5, 5.41) is 14.1. The number of H-pyrrole nitrogens is 1. The lowest BCUT2D eigenvalue weighted by molar-refractivity contribution is -0.166. The van der Waals surface area contributed by atoms with Crippen molar-refractivity contribution in [2.24, 2.45) is 5.92 Å². The van der Waals surface area contributed by atoms with Crippen LogP contribution in [0.2, 0.25) is 0 Å². The zero-order valence-corrected chi connectivity index (χ0v) is 24.4. The van der Waals surface area contributed by atoms with Gasteiger partial charge < -0.3 is 20.3 Å². The first-order valence-electron chi connectivity index (χ1n) is 14.1. The monoisotopic (exact) mass is 579 g/mol. The molecule has 216 valence electrons. The first-order valence-corrected chi connectivity index (χ1v) is 14.1. The molecule has 2 aliphatic heterocycles. The Bertz CT molecular complexity index is 1070. The summed E-state index contributed by atoms with van der Waals surface area (Å²) in [7, 11) is 0. The van der Waals surface area contributed by atoms with E-state index in [1.54, 1.807) is 0 Å². The van der Waals surface area contributed by atoms with E-state index in [4.69, 9.17) is 4.98 Å². The van der Waals surface area contributed by atoms with Crippen molar-refractivity contribution in [1.82, 2.24) is 25.1 Å². The number of aliphatic hydroxyl groups excluding tert-OH is 1. The topological polar surface area (TPSA) is 102 Å². The van der Waals surface area contributed by atoms with E-state index >= 15 is 0 Å². The Morgan fingerprint density at radius 2 is 1.77 bits per heavy atom. The Labute approximate surface area is 244 Å². The molecule has 2 aromatic rings. The standard InChI is InChI=1S/C29H41N5O3.2ClH/c1-2-3-16-34-27(36)24(25(35)21-10-6-4-7-11-21)32-28(37)29(34)14-17-33(18-15-29)20-23-19-30-26(31-23)22-12-8-5-9-13-22;;/h5,8-9,12-13,19,21,24-25,35H,2-4,6-7,10-11,14-18,20H2,1H3,(H,30,31)(H,32,37);2*1H/t24-,25-;;/m1../s1. The van der Waals surface area contributed by atoms with Gasteiger partial charge in [-0.05, 0) is 38.0 Å². The molecule has 1 aromatic carbocycles.